The summed E-state index contributed by atoms with van der Waals surface area (Å²) in [7, 11) is 3.06. The number of allylic oxidation sites excluding steroid dienone is 2. The van der Waals surface area contributed by atoms with Crippen LogP contribution >= 0.6 is 0 Å². The maximum Gasteiger partial charge on any atom is 0.255 e. The van der Waals surface area contributed by atoms with E-state index in [1.54, 1.807) is 49.6 Å². The lowest BCUT2D eigenvalue weighted by Gasteiger charge is -2.19. The zero-order valence-corrected chi connectivity index (χ0v) is 18.1. The highest BCUT2D eigenvalue weighted by molar-refractivity contribution is 6.23. The van der Waals surface area contributed by atoms with Crippen molar-refractivity contribution in [2.75, 3.05) is 24.4 Å². The van der Waals surface area contributed by atoms with Gasteiger partial charge in [0.1, 0.15) is 11.5 Å². The van der Waals surface area contributed by atoms with Crippen LogP contribution in [0.5, 0.6) is 11.5 Å². The van der Waals surface area contributed by atoms with Crippen molar-refractivity contribution < 1.29 is 23.9 Å². The third kappa shape index (κ3) is 2.99. The van der Waals surface area contributed by atoms with Crippen molar-refractivity contribution in [2.45, 2.75) is 13.3 Å². The Morgan fingerprint density at radius 1 is 1.03 bits per heavy atom. The molecule has 2 bridgehead atoms. The molecule has 164 valence electrons. The first-order chi connectivity index (χ1) is 15.4. The number of fused-ring (bicyclic) bond motifs is 5. The minimum atomic E-state index is -0.368. The molecular weight excluding hydrogens is 408 g/mol. The fourth-order valence-electron chi connectivity index (χ4n) is 5.41. The van der Waals surface area contributed by atoms with E-state index in [4.69, 9.17) is 9.47 Å². The quantitative estimate of drug-likeness (QED) is 0.576. The zero-order chi connectivity index (χ0) is 22.6. The molecule has 3 amide bonds. The lowest BCUT2D eigenvalue weighted by atomic mass is 9.82. The minimum Gasteiger partial charge on any atom is -0.497 e. The Balaban J connectivity index is 1.39. The highest BCUT2D eigenvalue weighted by Crippen LogP contribution is 2.55. The predicted octanol–water partition coefficient (Wildman–Crippen LogP) is 3.66. The molecule has 0 radical (unpaired) electrons. The number of amides is 3. The number of hydrogen-bond acceptors (Lipinski definition) is 5. The van der Waals surface area contributed by atoms with Gasteiger partial charge in [0.15, 0.2) is 0 Å². The van der Waals surface area contributed by atoms with Gasteiger partial charge in [-0.1, -0.05) is 17.7 Å². The summed E-state index contributed by atoms with van der Waals surface area (Å²) < 4.78 is 10.5. The summed E-state index contributed by atoms with van der Waals surface area (Å²) in [5, 5.41) is 2.82. The van der Waals surface area contributed by atoms with E-state index < -0.39 is 0 Å². The molecule has 1 N–H and O–H groups in total. The molecule has 0 aromatic heterocycles. The van der Waals surface area contributed by atoms with Crippen LogP contribution in [-0.2, 0) is 9.59 Å². The highest BCUT2D eigenvalue weighted by atomic mass is 16.5. The highest BCUT2D eigenvalue weighted by Gasteiger charge is 2.60. The van der Waals surface area contributed by atoms with Crippen LogP contribution in [0.2, 0.25) is 0 Å². The van der Waals surface area contributed by atoms with Crippen molar-refractivity contribution in [2.24, 2.45) is 23.7 Å². The fraction of sp³-hybridized carbons (Fsp3) is 0.320. The molecule has 7 nitrogen and oxygen atoms in total. The van der Waals surface area contributed by atoms with Crippen molar-refractivity contribution in [1.82, 2.24) is 0 Å². The molecule has 4 atom stereocenters. The number of imide groups is 1. The Bertz CT molecular complexity index is 1170. The average molecular weight is 432 g/mol. The Labute approximate surface area is 186 Å². The number of methoxy groups -OCH3 is 2. The molecule has 1 saturated carbocycles. The van der Waals surface area contributed by atoms with Gasteiger partial charge in [0.25, 0.3) is 5.91 Å². The van der Waals surface area contributed by atoms with Crippen LogP contribution in [0.15, 0.2) is 54.1 Å². The van der Waals surface area contributed by atoms with E-state index >= 15 is 0 Å². The Morgan fingerprint density at radius 3 is 2.56 bits per heavy atom. The second-order valence-electron chi connectivity index (χ2n) is 8.55. The largest absolute Gasteiger partial charge is 0.497 e. The number of carbonyl (C=O) groups excluding carboxylic acids is 3. The topological polar surface area (TPSA) is 84.9 Å². The zero-order valence-electron chi connectivity index (χ0n) is 18.1. The van der Waals surface area contributed by atoms with Crippen LogP contribution in [0.4, 0.5) is 11.4 Å². The van der Waals surface area contributed by atoms with Gasteiger partial charge >= 0.3 is 0 Å². The summed E-state index contributed by atoms with van der Waals surface area (Å²) in [5.41, 5.74) is 2.47. The minimum absolute atomic E-state index is 0.139. The number of ether oxygens (including phenoxy) is 2. The van der Waals surface area contributed by atoms with Crippen LogP contribution in [0.1, 0.15) is 23.7 Å². The van der Waals surface area contributed by atoms with Crippen LogP contribution in [0.25, 0.3) is 0 Å². The standard InChI is InChI=1S/C25H24N2O5/c1-13-9-15-11-18(13)22-21(15)24(29)27(25(22)30)16-6-4-5-14(10-16)23(28)26-19-8-7-17(31-2)12-20(19)32-3/h4-10,12,15,18,21-22H,11H2,1-3H3,(H,26,28)/t15-,18+,21+,22-/m0/s1. The summed E-state index contributed by atoms with van der Waals surface area (Å²) in [6, 6.07) is 11.7. The van der Waals surface area contributed by atoms with Crippen molar-refractivity contribution in [3.05, 3.63) is 59.7 Å². The maximum absolute atomic E-state index is 13.2. The van der Waals surface area contributed by atoms with E-state index in [2.05, 4.69) is 11.4 Å². The molecule has 2 fully saturated rings. The predicted molar refractivity (Wildman–Crippen MR) is 119 cm³/mol. The molecule has 32 heavy (non-hydrogen) atoms. The van der Waals surface area contributed by atoms with Gasteiger partial charge in [-0.15, -0.1) is 0 Å². The molecular formula is C25H24N2O5. The lowest BCUT2D eigenvalue weighted by molar-refractivity contribution is -0.123. The summed E-state index contributed by atoms with van der Waals surface area (Å²) in [4.78, 5) is 40.6. The summed E-state index contributed by atoms with van der Waals surface area (Å²) in [6.07, 6.45) is 3.03. The molecule has 0 spiro atoms. The number of benzene rings is 2. The van der Waals surface area contributed by atoms with E-state index in [0.717, 1.165) is 6.42 Å². The molecule has 7 heteroatoms. The summed E-state index contributed by atoms with van der Waals surface area (Å²) in [6.45, 7) is 2.04. The van der Waals surface area contributed by atoms with Gasteiger partial charge in [-0.2, -0.15) is 0 Å². The molecule has 1 saturated heterocycles. The van der Waals surface area contributed by atoms with E-state index in [1.165, 1.54) is 17.6 Å². The molecule has 1 heterocycles. The number of anilines is 2. The molecule has 1 aliphatic heterocycles. The van der Waals surface area contributed by atoms with Gasteiger partial charge in [0.05, 0.1) is 37.4 Å². The Kier molecular flexibility index (Phi) is 4.77. The van der Waals surface area contributed by atoms with E-state index in [1.807, 2.05) is 6.92 Å². The second kappa shape index (κ2) is 7.51. The summed E-state index contributed by atoms with van der Waals surface area (Å²) in [5.74, 6) is 0.117. The normalized spacial score (nSPS) is 25.6. The average Bonchev–Trinajstić information content (AvgIpc) is 3.44. The smallest absolute Gasteiger partial charge is 0.255 e. The Hall–Kier alpha value is -3.61. The lowest BCUT2D eigenvalue weighted by Crippen LogP contribution is -2.33. The number of rotatable bonds is 5. The second-order valence-corrected chi connectivity index (χ2v) is 8.55. The first-order valence-corrected chi connectivity index (χ1v) is 10.6. The van der Waals surface area contributed by atoms with Gasteiger partial charge < -0.3 is 14.8 Å². The van der Waals surface area contributed by atoms with Gasteiger partial charge in [-0.3, -0.25) is 14.4 Å². The number of nitrogens with zero attached hydrogens (tertiary/aromatic N) is 1. The molecule has 2 aliphatic carbocycles. The molecule has 3 aliphatic rings. The molecule has 5 rings (SSSR count). The third-order valence-corrected chi connectivity index (χ3v) is 6.90. The van der Waals surface area contributed by atoms with Crippen molar-refractivity contribution in [3.63, 3.8) is 0 Å². The van der Waals surface area contributed by atoms with Crippen LogP contribution < -0.4 is 19.7 Å². The van der Waals surface area contributed by atoms with Gasteiger partial charge in [-0.05, 0) is 55.5 Å². The summed E-state index contributed by atoms with van der Waals surface area (Å²) >= 11 is 0. The monoisotopic (exact) mass is 432 g/mol. The van der Waals surface area contributed by atoms with Gasteiger partial charge in [-0.25, -0.2) is 4.90 Å². The Morgan fingerprint density at radius 2 is 1.81 bits per heavy atom. The van der Waals surface area contributed by atoms with Crippen LogP contribution in [0.3, 0.4) is 0 Å². The van der Waals surface area contributed by atoms with E-state index in [9.17, 15) is 14.4 Å². The number of nitrogens with one attached hydrogen (secondary N) is 1. The number of hydrogen-bond donors (Lipinski definition) is 1. The number of carbonyl (C=O) groups is 3. The van der Waals surface area contributed by atoms with E-state index in [0.29, 0.717) is 28.4 Å². The van der Waals surface area contributed by atoms with Crippen LogP contribution in [-0.4, -0.2) is 31.9 Å². The van der Waals surface area contributed by atoms with Crippen LogP contribution in [0, 0.1) is 23.7 Å². The maximum atomic E-state index is 13.2. The van der Waals surface area contributed by atoms with E-state index in [-0.39, 0.29) is 41.4 Å². The van der Waals surface area contributed by atoms with Crippen molar-refractivity contribution in [3.8, 4) is 11.5 Å². The van der Waals surface area contributed by atoms with Crippen molar-refractivity contribution >= 4 is 29.1 Å². The first-order valence-electron chi connectivity index (χ1n) is 10.6. The fourth-order valence-corrected chi connectivity index (χ4v) is 5.41. The first kappa shape index (κ1) is 20.3. The molecule has 0 unspecified atom stereocenters. The third-order valence-electron chi connectivity index (χ3n) is 6.90. The van der Waals surface area contributed by atoms with Gasteiger partial charge in [0, 0.05) is 11.6 Å². The molecule has 2 aromatic carbocycles. The SMILES string of the molecule is COc1ccc(NC(=O)c2cccc(N3C(=O)[C@@H]4[C@H](C3=O)[C@H]3C=C(C)[C@H]4C3)c2)c(OC)c1. The van der Waals surface area contributed by atoms with Crippen molar-refractivity contribution in [1.29, 1.82) is 0 Å². The van der Waals surface area contributed by atoms with Gasteiger partial charge in [0.2, 0.25) is 11.8 Å². The molecule has 2 aromatic rings.